The first-order valence-electron chi connectivity index (χ1n) is 4.72. The van der Waals surface area contributed by atoms with Gasteiger partial charge in [0.2, 0.25) is 5.91 Å². The normalized spacial score (nSPS) is 10.2. The number of thioether (sulfide) groups is 1. The topological polar surface area (TPSA) is 80.9 Å². The zero-order valence-electron chi connectivity index (χ0n) is 8.31. The summed E-state index contributed by atoms with van der Waals surface area (Å²) < 4.78 is 4.92. The van der Waals surface area contributed by atoms with Gasteiger partial charge < -0.3 is 0 Å². The van der Waals surface area contributed by atoms with E-state index in [9.17, 15) is 4.79 Å². The number of nitrogens with one attached hydrogen (secondary N) is 1. The van der Waals surface area contributed by atoms with Gasteiger partial charge in [-0.15, -0.1) is 0 Å². The molecule has 0 saturated carbocycles. The van der Waals surface area contributed by atoms with Crippen LogP contribution in [0.5, 0.6) is 0 Å². The quantitative estimate of drug-likeness (QED) is 0.248. The number of unbranched alkanes of at least 4 members (excludes halogenated alkanes) is 2. The molecule has 1 aromatic rings. The monoisotopic (exact) mass is 246 g/mol. The van der Waals surface area contributed by atoms with Crippen LogP contribution >= 0.6 is 23.3 Å². The number of rotatable bonds is 7. The zero-order chi connectivity index (χ0) is 10.9. The molecular weight excluding hydrogens is 232 g/mol. The second-order valence-electron chi connectivity index (χ2n) is 2.93. The Morgan fingerprint density at radius 3 is 3.07 bits per heavy atom. The minimum absolute atomic E-state index is 0.0909. The van der Waals surface area contributed by atoms with Crippen LogP contribution in [-0.2, 0) is 4.79 Å². The van der Waals surface area contributed by atoms with E-state index in [-0.39, 0.29) is 5.91 Å². The largest absolute Gasteiger partial charge is 0.294 e. The fourth-order valence-corrected chi connectivity index (χ4v) is 2.54. The van der Waals surface area contributed by atoms with Crippen molar-refractivity contribution >= 4 is 29.2 Å². The van der Waals surface area contributed by atoms with Gasteiger partial charge in [-0.25, -0.2) is 10.8 Å². The van der Waals surface area contributed by atoms with Crippen molar-refractivity contribution < 1.29 is 4.79 Å². The molecular formula is C8H14N4OS2. The van der Waals surface area contributed by atoms with Crippen LogP contribution in [0.2, 0.25) is 0 Å². The van der Waals surface area contributed by atoms with Crippen molar-refractivity contribution in [2.75, 3.05) is 5.75 Å². The Balaban J connectivity index is 1.91. The number of hydrogen-bond acceptors (Lipinski definition) is 6. The molecule has 0 spiro atoms. The third-order valence-electron chi connectivity index (χ3n) is 1.78. The Hall–Kier alpha value is -0.660. The predicted molar refractivity (Wildman–Crippen MR) is 61.4 cm³/mol. The summed E-state index contributed by atoms with van der Waals surface area (Å²) in [7, 11) is 0. The zero-order valence-corrected chi connectivity index (χ0v) is 9.94. The summed E-state index contributed by atoms with van der Waals surface area (Å²) in [5, 5.41) is 0. The number of hydrogen-bond donors (Lipinski definition) is 2. The fourth-order valence-electron chi connectivity index (χ4n) is 1.02. The lowest BCUT2D eigenvalue weighted by atomic mass is 10.2. The standard InChI is InChI=1S/C8H14N4OS2/c9-12-7(13)4-2-1-3-5-14-8-10-6-11-15-8/h6H,1-5,9H2,(H,12,13). The van der Waals surface area contributed by atoms with Crippen molar-refractivity contribution in [3.8, 4) is 0 Å². The van der Waals surface area contributed by atoms with Gasteiger partial charge in [-0.05, 0) is 24.4 Å². The van der Waals surface area contributed by atoms with E-state index < -0.39 is 0 Å². The molecule has 5 nitrogen and oxygen atoms in total. The second-order valence-corrected chi connectivity index (χ2v) is 5.06. The molecule has 0 atom stereocenters. The summed E-state index contributed by atoms with van der Waals surface area (Å²) >= 11 is 3.13. The van der Waals surface area contributed by atoms with Crippen molar-refractivity contribution in [3.63, 3.8) is 0 Å². The molecule has 0 fully saturated rings. The summed E-state index contributed by atoms with van der Waals surface area (Å²) in [6.07, 6.45) is 5.10. The molecule has 0 aliphatic heterocycles. The number of amides is 1. The van der Waals surface area contributed by atoms with Gasteiger partial charge >= 0.3 is 0 Å². The van der Waals surface area contributed by atoms with E-state index in [1.807, 2.05) is 0 Å². The van der Waals surface area contributed by atoms with E-state index in [1.54, 1.807) is 18.1 Å². The average molecular weight is 246 g/mol. The maximum atomic E-state index is 10.8. The Morgan fingerprint density at radius 2 is 2.40 bits per heavy atom. The maximum Gasteiger partial charge on any atom is 0.233 e. The highest BCUT2D eigenvalue weighted by Crippen LogP contribution is 2.19. The Bertz CT molecular complexity index is 278. The van der Waals surface area contributed by atoms with Crippen LogP contribution < -0.4 is 11.3 Å². The van der Waals surface area contributed by atoms with Gasteiger partial charge in [0, 0.05) is 12.2 Å². The molecule has 1 aromatic heterocycles. The van der Waals surface area contributed by atoms with Crippen molar-refractivity contribution in [2.45, 2.75) is 30.0 Å². The number of carbonyl (C=O) groups is 1. The highest BCUT2D eigenvalue weighted by atomic mass is 32.2. The molecule has 3 N–H and O–H groups in total. The van der Waals surface area contributed by atoms with Gasteiger partial charge in [0.15, 0.2) is 4.34 Å². The number of hydrazine groups is 1. The van der Waals surface area contributed by atoms with Gasteiger partial charge in [-0.2, -0.15) is 4.37 Å². The molecule has 0 radical (unpaired) electrons. The molecule has 0 saturated heterocycles. The number of nitrogens with zero attached hydrogens (tertiary/aromatic N) is 2. The van der Waals surface area contributed by atoms with E-state index in [0.717, 1.165) is 29.4 Å². The van der Waals surface area contributed by atoms with E-state index in [0.29, 0.717) is 6.42 Å². The maximum absolute atomic E-state index is 10.8. The van der Waals surface area contributed by atoms with Crippen molar-refractivity contribution in [1.29, 1.82) is 0 Å². The molecule has 1 amide bonds. The van der Waals surface area contributed by atoms with Crippen LogP contribution in [0, 0.1) is 0 Å². The second kappa shape index (κ2) is 7.61. The average Bonchev–Trinajstić information content (AvgIpc) is 2.75. The van der Waals surface area contributed by atoms with E-state index in [1.165, 1.54) is 11.5 Å². The summed E-state index contributed by atoms with van der Waals surface area (Å²) in [5.74, 6) is 5.90. The van der Waals surface area contributed by atoms with Crippen molar-refractivity contribution in [3.05, 3.63) is 6.33 Å². The number of carbonyl (C=O) groups excluding carboxylic acids is 1. The molecule has 7 heteroatoms. The fraction of sp³-hybridized carbons (Fsp3) is 0.625. The van der Waals surface area contributed by atoms with Gasteiger partial charge in [-0.1, -0.05) is 18.2 Å². The summed E-state index contributed by atoms with van der Waals surface area (Å²) in [6.45, 7) is 0. The molecule has 0 bridgehead atoms. The molecule has 0 aromatic carbocycles. The highest BCUT2D eigenvalue weighted by molar-refractivity contribution is 8.00. The molecule has 1 heterocycles. The first-order valence-corrected chi connectivity index (χ1v) is 6.47. The lowest BCUT2D eigenvalue weighted by molar-refractivity contribution is -0.121. The smallest absolute Gasteiger partial charge is 0.233 e. The Labute approximate surface area is 97.0 Å². The van der Waals surface area contributed by atoms with Crippen LogP contribution in [0.25, 0.3) is 0 Å². The van der Waals surface area contributed by atoms with Crippen LogP contribution in [0.3, 0.4) is 0 Å². The predicted octanol–water partition coefficient (Wildman–Crippen LogP) is 1.18. The number of nitrogens with two attached hydrogens (primary N) is 1. The SMILES string of the molecule is NNC(=O)CCCCCSc1ncns1. The molecule has 84 valence electrons. The minimum atomic E-state index is -0.0909. The molecule has 0 unspecified atom stereocenters. The molecule has 1 rings (SSSR count). The lowest BCUT2D eigenvalue weighted by Gasteiger charge is -1.99. The first kappa shape index (κ1) is 12.4. The van der Waals surface area contributed by atoms with E-state index in [4.69, 9.17) is 5.84 Å². The van der Waals surface area contributed by atoms with Crippen LogP contribution in [0.15, 0.2) is 10.7 Å². The Morgan fingerprint density at radius 1 is 1.53 bits per heavy atom. The van der Waals surface area contributed by atoms with Crippen LogP contribution in [-0.4, -0.2) is 21.0 Å². The minimum Gasteiger partial charge on any atom is -0.294 e. The lowest BCUT2D eigenvalue weighted by Crippen LogP contribution is -2.29. The van der Waals surface area contributed by atoms with Gasteiger partial charge in [-0.3, -0.25) is 10.2 Å². The third kappa shape index (κ3) is 5.71. The van der Waals surface area contributed by atoms with E-state index in [2.05, 4.69) is 14.8 Å². The summed E-state index contributed by atoms with van der Waals surface area (Å²) in [5.41, 5.74) is 2.12. The van der Waals surface area contributed by atoms with E-state index >= 15 is 0 Å². The number of aromatic nitrogens is 2. The molecule has 0 aliphatic rings. The van der Waals surface area contributed by atoms with Gasteiger partial charge in [0.1, 0.15) is 6.33 Å². The molecule has 15 heavy (non-hydrogen) atoms. The van der Waals surface area contributed by atoms with Crippen molar-refractivity contribution in [1.82, 2.24) is 14.8 Å². The summed E-state index contributed by atoms with van der Waals surface area (Å²) in [6, 6.07) is 0. The summed E-state index contributed by atoms with van der Waals surface area (Å²) in [4.78, 5) is 14.8. The van der Waals surface area contributed by atoms with Crippen molar-refractivity contribution in [2.24, 2.45) is 5.84 Å². The van der Waals surface area contributed by atoms with Gasteiger partial charge in [0.25, 0.3) is 0 Å². The first-order chi connectivity index (χ1) is 7.33. The van der Waals surface area contributed by atoms with Crippen LogP contribution in [0.1, 0.15) is 25.7 Å². The van der Waals surface area contributed by atoms with Crippen LogP contribution in [0.4, 0.5) is 0 Å². The highest BCUT2D eigenvalue weighted by Gasteiger charge is 1.99. The Kier molecular flexibility index (Phi) is 6.29. The third-order valence-corrected chi connectivity index (χ3v) is 3.66. The molecule has 0 aliphatic carbocycles. The van der Waals surface area contributed by atoms with Gasteiger partial charge in [0.05, 0.1) is 0 Å².